The number of hydrogen-bond acceptors (Lipinski definition) is 4. The summed E-state index contributed by atoms with van der Waals surface area (Å²) in [6.45, 7) is 4.21. The predicted molar refractivity (Wildman–Crippen MR) is 130 cm³/mol. The van der Waals surface area contributed by atoms with E-state index in [0.29, 0.717) is 17.9 Å². The van der Waals surface area contributed by atoms with Gasteiger partial charge in [0, 0.05) is 11.3 Å². The predicted octanol–water partition coefficient (Wildman–Crippen LogP) is 6.43. The molecule has 8 heteroatoms. The number of benzene rings is 3. The molecule has 0 aliphatic carbocycles. The number of nitrogens with zero attached hydrogens (tertiary/aromatic N) is 1. The van der Waals surface area contributed by atoms with Crippen LogP contribution in [0.2, 0.25) is 0 Å². The lowest BCUT2D eigenvalue weighted by Crippen LogP contribution is -2.29. The second kappa shape index (κ2) is 9.89. The summed E-state index contributed by atoms with van der Waals surface area (Å²) in [5.41, 5.74) is 0.283. The largest absolute Gasteiger partial charge is 0.507 e. The number of ketones is 1. The Morgan fingerprint density at radius 1 is 1.00 bits per heavy atom. The molecule has 1 aliphatic heterocycles. The quantitative estimate of drug-likeness (QED) is 0.243. The van der Waals surface area contributed by atoms with Crippen LogP contribution in [0.3, 0.4) is 0 Å². The highest BCUT2D eigenvalue weighted by Crippen LogP contribution is 2.43. The molecule has 1 heterocycles. The van der Waals surface area contributed by atoms with Crippen molar-refractivity contribution in [2.24, 2.45) is 0 Å². The van der Waals surface area contributed by atoms with Crippen molar-refractivity contribution in [3.05, 3.63) is 101 Å². The lowest BCUT2D eigenvalue weighted by Gasteiger charge is -2.26. The number of amides is 1. The monoisotopic (exact) mass is 495 g/mol. The number of carbonyl (C=O) groups is 2. The molecule has 1 saturated heterocycles. The number of aryl methyl sites for hydroxylation is 1. The highest BCUT2D eigenvalue weighted by molar-refractivity contribution is 6.51. The molecule has 1 atom stereocenters. The standard InChI is InChI=1S/C28H24F3NO4/c1-3-13-36-22-12-5-9-19(15-22)25(33)23-24(18-8-4-7-17(2)14-18)32(27(35)26(23)34)21-11-6-10-20(16-21)28(29,30)31/h4-12,14-16,24,33H,3,13H2,1-2H3/b25-23+. The summed E-state index contributed by atoms with van der Waals surface area (Å²) >= 11 is 0. The first-order valence-electron chi connectivity index (χ1n) is 11.4. The number of aliphatic hydroxyl groups is 1. The molecule has 3 aromatic carbocycles. The summed E-state index contributed by atoms with van der Waals surface area (Å²) in [5, 5.41) is 11.3. The van der Waals surface area contributed by atoms with E-state index in [9.17, 15) is 27.9 Å². The fourth-order valence-corrected chi connectivity index (χ4v) is 4.20. The number of halogens is 3. The van der Waals surface area contributed by atoms with Crippen LogP contribution in [0.25, 0.3) is 5.76 Å². The van der Waals surface area contributed by atoms with Crippen molar-refractivity contribution in [2.45, 2.75) is 32.5 Å². The highest BCUT2D eigenvalue weighted by atomic mass is 19.4. The summed E-state index contributed by atoms with van der Waals surface area (Å²) in [6, 6.07) is 16.5. The maximum absolute atomic E-state index is 13.4. The molecule has 1 amide bonds. The van der Waals surface area contributed by atoms with Crippen molar-refractivity contribution in [3.8, 4) is 5.75 Å². The van der Waals surface area contributed by atoms with Gasteiger partial charge in [0.1, 0.15) is 11.5 Å². The van der Waals surface area contributed by atoms with Gasteiger partial charge in [-0.25, -0.2) is 0 Å². The Morgan fingerprint density at radius 3 is 2.42 bits per heavy atom. The Hall–Kier alpha value is -4.07. The average Bonchev–Trinajstić information content (AvgIpc) is 3.12. The highest BCUT2D eigenvalue weighted by Gasteiger charge is 2.47. The third-order valence-corrected chi connectivity index (χ3v) is 5.83. The zero-order chi connectivity index (χ0) is 26.0. The fraction of sp³-hybridized carbons (Fsp3) is 0.214. The summed E-state index contributed by atoms with van der Waals surface area (Å²) in [4.78, 5) is 27.5. The van der Waals surface area contributed by atoms with Crippen LogP contribution < -0.4 is 9.64 Å². The van der Waals surface area contributed by atoms with E-state index in [1.807, 2.05) is 19.9 Å². The van der Waals surface area contributed by atoms with E-state index in [1.165, 1.54) is 12.1 Å². The van der Waals surface area contributed by atoms with Crippen LogP contribution in [0.4, 0.5) is 18.9 Å². The van der Waals surface area contributed by atoms with Crippen molar-refractivity contribution >= 4 is 23.1 Å². The topological polar surface area (TPSA) is 66.8 Å². The summed E-state index contributed by atoms with van der Waals surface area (Å²) in [6.07, 6.45) is -3.87. The van der Waals surface area contributed by atoms with Gasteiger partial charge in [0.05, 0.1) is 23.8 Å². The number of carbonyl (C=O) groups excluding carboxylic acids is 2. The smallest absolute Gasteiger partial charge is 0.416 e. The summed E-state index contributed by atoms with van der Waals surface area (Å²) in [5.74, 6) is -1.98. The first kappa shape index (κ1) is 25.0. The number of aliphatic hydroxyl groups excluding tert-OH is 1. The van der Waals surface area contributed by atoms with Gasteiger partial charge in [0.25, 0.3) is 11.7 Å². The zero-order valence-corrected chi connectivity index (χ0v) is 19.7. The maximum Gasteiger partial charge on any atom is 0.416 e. The van der Waals surface area contributed by atoms with Crippen LogP contribution in [-0.2, 0) is 15.8 Å². The van der Waals surface area contributed by atoms with Crippen molar-refractivity contribution in [3.63, 3.8) is 0 Å². The lowest BCUT2D eigenvalue weighted by atomic mass is 9.94. The van der Waals surface area contributed by atoms with E-state index in [2.05, 4.69) is 0 Å². The second-order valence-electron chi connectivity index (χ2n) is 8.51. The van der Waals surface area contributed by atoms with E-state index in [4.69, 9.17) is 4.74 Å². The molecule has 186 valence electrons. The van der Waals surface area contributed by atoms with E-state index in [0.717, 1.165) is 29.0 Å². The van der Waals surface area contributed by atoms with E-state index < -0.39 is 35.2 Å². The zero-order valence-electron chi connectivity index (χ0n) is 19.7. The molecule has 4 rings (SSSR count). The fourth-order valence-electron chi connectivity index (χ4n) is 4.20. The molecule has 0 bridgehead atoms. The van der Waals surface area contributed by atoms with Crippen molar-refractivity contribution in [2.75, 3.05) is 11.5 Å². The molecule has 0 aromatic heterocycles. The van der Waals surface area contributed by atoms with Gasteiger partial charge in [-0.2, -0.15) is 13.2 Å². The number of Topliss-reactive ketones (excluding diaryl/α,β-unsaturated/α-hetero) is 1. The molecular formula is C28H24F3NO4. The first-order chi connectivity index (χ1) is 17.1. The number of ether oxygens (including phenoxy) is 1. The van der Waals surface area contributed by atoms with Crippen LogP contribution in [0.5, 0.6) is 5.75 Å². The van der Waals surface area contributed by atoms with Crippen molar-refractivity contribution < 1.29 is 32.6 Å². The molecular weight excluding hydrogens is 471 g/mol. The van der Waals surface area contributed by atoms with Gasteiger partial charge in [-0.1, -0.05) is 55.0 Å². The molecule has 0 spiro atoms. The van der Waals surface area contributed by atoms with Gasteiger partial charge in [-0.05, 0) is 49.2 Å². The average molecular weight is 495 g/mol. The van der Waals surface area contributed by atoms with Gasteiger partial charge >= 0.3 is 6.18 Å². The number of hydrogen-bond donors (Lipinski definition) is 1. The van der Waals surface area contributed by atoms with Crippen LogP contribution in [0, 0.1) is 6.92 Å². The Bertz CT molecular complexity index is 1350. The molecule has 36 heavy (non-hydrogen) atoms. The Kier molecular flexibility index (Phi) is 6.88. The Morgan fingerprint density at radius 2 is 1.72 bits per heavy atom. The molecule has 1 fully saturated rings. The minimum Gasteiger partial charge on any atom is -0.507 e. The minimum atomic E-state index is -4.64. The van der Waals surface area contributed by atoms with Crippen LogP contribution in [-0.4, -0.2) is 23.4 Å². The molecule has 3 aromatic rings. The van der Waals surface area contributed by atoms with Gasteiger partial charge < -0.3 is 9.84 Å². The van der Waals surface area contributed by atoms with Crippen molar-refractivity contribution in [1.82, 2.24) is 0 Å². The maximum atomic E-state index is 13.4. The lowest BCUT2D eigenvalue weighted by molar-refractivity contribution is -0.137. The SMILES string of the molecule is CCCOc1cccc(/C(O)=C2\C(=O)C(=O)N(c3cccc(C(F)(F)F)c3)C2c2cccc(C)c2)c1. The second-order valence-corrected chi connectivity index (χ2v) is 8.51. The summed E-state index contributed by atoms with van der Waals surface area (Å²) < 4.78 is 45.9. The molecule has 0 saturated carbocycles. The number of rotatable bonds is 6. The molecule has 1 aliphatic rings. The third-order valence-electron chi connectivity index (χ3n) is 5.83. The Balaban J connectivity index is 1.91. The van der Waals surface area contributed by atoms with Gasteiger partial charge in [-0.15, -0.1) is 0 Å². The van der Waals surface area contributed by atoms with E-state index in [1.54, 1.807) is 42.5 Å². The first-order valence-corrected chi connectivity index (χ1v) is 11.4. The molecule has 1 N–H and O–H groups in total. The van der Waals surface area contributed by atoms with E-state index >= 15 is 0 Å². The van der Waals surface area contributed by atoms with Gasteiger partial charge in [0.2, 0.25) is 0 Å². The summed E-state index contributed by atoms with van der Waals surface area (Å²) in [7, 11) is 0. The van der Waals surface area contributed by atoms with Crippen molar-refractivity contribution in [1.29, 1.82) is 0 Å². The number of alkyl halides is 3. The third kappa shape index (κ3) is 4.84. The molecule has 0 radical (unpaired) electrons. The van der Waals surface area contributed by atoms with Crippen LogP contribution in [0.1, 0.15) is 41.6 Å². The number of anilines is 1. The van der Waals surface area contributed by atoms with Crippen LogP contribution >= 0.6 is 0 Å². The Labute approximate surface area is 206 Å². The van der Waals surface area contributed by atoms with E-state index in [-0.39, 0.29) is 16.8 Å². The van der Waals surface area contributed by atoms with Gasteiger partial charge in [0.15, 0.2) is 0 Å². The normalized spacial score (nSPS) is 17.5. The molecule has 1 unspecified atom stereocenters. The minimum absolute atomic E-state index is 0.0995. The van der Waals surface area contributed by atoms with Crippen LogP contribution in [0.15, 0.2) is 78.4 Å². The van der Waals surface area contributed by atoms with Gasteiger partial charge in [-0.3, -0.25) is 14.5 Å². The molecule has 5 nitrogen and oxygen atoms in total.